The van der Waals surface area contributed by atoms with Crippen LogP contribution in [0.25, 0.3) is 16.2 Å². The molecule has 0 unspecified atom stereocenters. The molecule has 4 aromatic rings. The Labute approximate surface area is 191 Å². The fourth-order valence-electron chi connectivity index (χ4n) is 3.95. The first kappa shape index (κ1) is 21.4. The predicted molar refractivity (Wildman–Crippen MR) is 121 cm³/mol. The number of halogens is 3. The summed E-state index contributed by atoms with van der Waals surface area (Å²) in [4.78, 5) is 24.1. The highest BCUT2D eigenvalue weighted by Gasteiger charge is 2.31. The number of imidazole rings is 1. The molecule has 33 heavy (non-hydrogen) atoms. The molecule has 10 heteroatoms. The highest BCUT2D eigenvalue weighted by Crippen LogP contribution is 2.30. The third-order valence-electron chi connectivity index (χ3n) is 5.81. The smallest absolute Gasteiger partial charge is 0.357 e. The molecule has 5 rings (SSSR count). The van der Waals surface area contributed by atoms with Gasteiger partial charge in [-0.2, -0.15) is 13.2 Å². The number of nitrogens with zero attached hydrogens (tertiary/aromatic N) is 4. The van der Waals surface area contributed by atoms with Crippen molar-refractivity contribution in [1.82, 2.24) is 14.4 Å². The van der Waals surface area contributed by atoms with Gasteiger partial charge in [-0.25, -0.2) is 9.97 Å². The van der Waals surface area contributed by atoms with Crippen molar-refractivity contribution in [2.24, 2.45) is 5.92 Å². The average Bonchev–Trinajstić information content (AvgIpc) is 3.42. The lowest BCUT2D eigenvalue weighted by Gasteiger charge is -2.32. The van der Waals surface area contributed by atoms with Crippen LogP contribution in [0.1, 0.15) is 18.4 Å². The fraction of sp³-hybridized carbons (Fsp3) is 0.261. The lowest BCUT2D eigenvalue weighted by molar-refractivity contribution is -0.137. The number of anilines is 2. The number of fused-ring (bicyclic) bond motifs is 1. The van der Waals surface area contributed by atoms with Gasteiger partial charge in [0.25, 0.3) is 0 Å². The molecule has 0 atom stereocenters. The first-order chi connectivity index (χ1) is 15.9. The van der Waals surface area contributed by atoms with E-state index in [2.05, 4.69) is 15.3 Å². The Morgan fingerprint density at radius 3 is 2.48 bits per heavy atom. The molecule has 1 saturated heterocycles. The minimum atomic E-state index is -4.40. The first-order valence-electron chi connectivity index (χ1n) is 10.5. The summed E-state index contributed by atoms with van der Waals surface area (Å²) in [5.74, 6) is 0.289. The van der Waals surface area contributed by atoms with Gasteiger partial charge in [0.15, 0.2) is 4.96 Å². The van der Waals surface area contributed by atoms with Gasteiger partial charge in [0.05, 0.1) is 11.3 Å². The SMILES string of the molecule is O=C(Nc1ccc(-c2cn3ccsc3n2)cc1)C1CCN(c2ccc(C(F)(F)F)cn2)CC1. The summed E-state index contributed by atoms with van der Waals surface area (Å²) >= 11 is 1.57. The van der Waals surface area contributed by atoms with E-state index in [9.17, 15) is 18.0 Å². The number of pyridine rings is 1. The van der Waals surface area contributed by atoms with Crippen molar-refractivity contribution >= 4 is 33.7 Å². The van der Waals surface area contributed by atoms with Gasteiger partial charge in [0.2, 0.25) is 5.91 Å². The standard InChI is InChI=1S/C23H20F3N5OS/c24-23(25,26)17-3-6-20(27-13-17)30-9-7-16(8-10-30)21(32)28-18-4-1-15(2-5-18)19-14-31-11-12-33-22(31)29-19/h1-6,11-14,16H,7-10H2,(H,28,32). The van der Waals surface area contributed by atoms with Crippen LogP contribution >= 0.6 is 11.3 Å². The largest absolute Gasteiger partial charge is 0.417 e. The number of alkyl halides is 3. The number of carbonyl (C=O) groups is 1. The van der Waals surface area contributed by atoms with Crippen LogP contribution < -0.4 is 10.2 Å². The molecule has 1 amide bonds. The lowest BCUT2D eigenvalue weighted by atomic mass is 9.95. The summed E-state index contributed by atoms with van der Waals surface area (Å²) < 4.78 is 40.1. The minimum Gasteiger partial charge on any atom is -0.357 e. The molecule has 1 fully saturated rings. The van der Waals surface area contributed by atoms with Crippen molar-refractivity contribution in [2.45, 2.75) is 19.0 Å². The number of hydrogen-bond donors (Lipinski definition) is 1. The van der Waals surface area contributed by atoms with Gasteiger partial charge in [-0.15, -0.1) is 11.3 Å². The molecule has 4 heterocycles. The van der Waals surface area contributed by atoms with Crippen molar-refractivity contribution in [1.29, 1.82) is 0 Å². The zero-order chi connectivity index (χ0) is 23.0. The van der Waals surface area contributed by atoms with Gasteiger partial charge in [0.1, 0.15) is 5.82 Å². The van der Waals surface area contributed by atoms with Crippen LogP contribution in [-0.4, -0.2) is 33.4 Å². The molecular weight excluding hydrogens is 451 g/mol. The van der Waals surface area contributed by atoms with Crippen LogP contribution in [0.3, 0.4) is 0 Å². The maximum Gasteiger partial charge on any atom is 0.417 e. The van der Waals surface area contributed by atoms with Gasteiger partial charge >= 0.3 is 6.18 Å². The van der Waals surface area contributed by atoms with Crippen molar-refractivity contribution in [3.8, 4) is 11.3 Å². The molecule has 1 aliphatic heterocycles. The van der Waals surface area contributed by atoms with Crippen molar-refractivity contribution in [3.05, 3.63) is 65.9 Å². The van der Waals surface area contributed by atoms with Gasteiger partial charge in [0, 0.05) is 54.2 Å². The maximum absolute atomic E-state index is 12.7. The summed E-state index contributed by atoms with van der Waals surface area (Å²) in [5, 5.41) is 4.95. The fourth-order valence-corrected chi connectivity index (χ4v) is 4.65. The van der Waals surface area contributed by atoms with Crippen LogP contribution in [0.4, 0.5) is 24.7 Å². The summed E-state index contributed by atoms with van der Waals surface area (Å²) in [6, 6.07) is 10.0. The number of carbonyl (C=O) groups excluding carboxylic acids is 1. The van der Waals surface area contributed by atoms with E-state index in [-0.39, 0.29) is 11.8 Å². The van der Waals surface area contributed by atoms with Crippen molar-refractivity contribution < 1.29 is 18.0 Å². The van der Waals surface area contributed by atoms with Crippen LogP contribution in [0.15, 0.2) is 60.4 Å². The van der Waals surface area contributed by atoms with Crippen LogP contribution in [0.2, 0.25) is 0 Å². The van der Waals surface area contributed by atoms with E-state index < -0.39 is 11.7 Å². The molecule has 0 bridgehead atoms. The number of piperidine rings is 1. The monoisotopic (exact) mass is 471 g/mol. The Kier molecular flexibility index (Phi) is 5.53. The Morgan fingerprint density at radius 1 is 1.09 bits per heavy atom. The highest BCUT2D eigenvalue weighted by atomic mass is 32.1. The van der Waals surface area contributed by atoms with E-state index in [1.807, 2.05) is 51.3 Å². The molecule has 0 saturated carbocycles. The van der Waals surface area contributed by atoms with Gasteiger partial charge in [-0.1, -0.05) is 12.1 Å². The van der Waals surface area contributed by atoms with Gasteiger partial charge in [-0.05, 0) is 37.1 Å². The number of thiazole rings is 1. The minimum absolute atomic E-state index is 0.0507. The number of hydrogen-bond acceptors (Lipinski definition) is 5. The Morgan fingerprint density at radius 2 is 1.85 bits per heavy atom. The van der Waals surface area contributed by atoms with Crippen LogP contribution in [0.5, 0.6) is 0 Å². The molecule has 3 aromatic heterocycles. The zero-order valence-corrected chi connectivity index (χ0v) is 18.2. The lowest BCUT2D eigenvalue weighted by Crippen LogP contribution is -2.38. The second-order valence-corrected chi connectivity index (χ2v) is 8.82. The molecule has 1 N–H and O–H groups in total. The van der Waals surface area contributed by atoms with Gasteiger partial charge < -0.3 is 10.2 Å². The Balaban J connectivity index is 1.16. The van der Waals surface area contributed by atoms with Crippen molar-refractivity contribution in [2.75, 3.05) is 23.3 Å². The second kappa shape index (κ2) is 8.51. The molecule has 6 nitrogen and oxygen atoms in total. The molecule has 1 aromatic carbocycles. The van der Waals surface area contributed by atoms with E-state index in [0.29, 0.717) is 31.7 Å². The number of amides is 1. The second-order valence-electron chi connectivity index (χ2n) is 7.95. The Hall–Kier alpha value is -3.40. The summed E-state index contributed by atoms with van der Waals surface area (Å²) in [6.45, 7) is 1.12. The van der Waals surface area contributed by atoms with Crippen LogP contribution in [-0.2, 0) is 11.0 Å². The summed E-state index contributed by atoms with van der Waals surface area (Å²) in [5.41, 5.74) is 1.81. The van der Waals surface area contributed by atoms with Crippen molar-refractivity contribution in [3.63, 3.8) is 0 Å². The first-order valence-corrected chi connectivity index (χ1v) is 11.4. The third-order valence-corrected chi connectivity index (χ3v) is 6.58. The molecule has 0 aliphatic carbocycles. The summed E-state index contributed by atoms with van der Waals surface area (Å²) in [6.07, 6.45) is 1.60. The molecular formula is C23H20F3N5OS. The third kappa shape index (κ3) is 4.56. The number of rotatable bonds is 4. The highest BCUT2D eigenvalue weighted by molar-refractivity contribution is 7.15. The van der Waals surface area contributed by atoms with E-state index >= 15 is 0 Å². The molecule has 1 aliphatic rings. The zero-order valence-electron chi connectivity index (χ0n) is 17.4. The Bertz CT molecular complexity index is 1230. The number of benzene rings is 1. The number of aromatic nitrogens is 3. The quantitative estimate of drug-likeness (QED) is 0.437. The normalized spacial score (nSPS) is 15.2. The van der Waals surface area contributed by atoms with E-state index in [1.54, 1.807) is 11.3 Å². The molecule has 170 valence electrons. The maximum atomic E-state index is 12.7. The topological polar surface area (TPSA) is 62.5 Å². The molecule has 0 radical (unpaired) electrons. The number of nitrogens with one attached hydrogen (secondary N) is 1. The van der Waals surface area contributed by atoms with E-state index in [4.69, 9.17) is 0 Å². The predicted octanol–water partition coefficient (Wildman–Crippen LogP) is 5.33. The average molecular weight is 472 g/mol. The van der Waals surface area contributed by atoms with Gasteiger partial charge in [-0.3, -0.25) is 9.20 Å². The van der Waals surface area contributed by atoms with E-state index in [1.165, 1.54) is 6.07 Å². The van der Waals surface area contributed by atoms with E-state index in [0.717, 1.165) is 34.2 Å². The summed E-state index contributed by atoms with van der Waals surface area (Å²) in [7, 11) is 0. The van der Waals surface area contributed by atoms with Crippen LogP contribution in [0, 0.1) is 5.92 Å². The molecule has 0 spiro atoms.